The average molecular weight is 288 g/mol. The smallest absolute Gasteiger partial charge is 0.0782 e. The van der Waals surface area contributed by atoms with Crippen LogP contribution in [-0.2, 0) is 0 Å². The lowest BCUT2D eigenvalue weighted by Gasteiger charge is -2.26. The van der Waals surface area contributed by atoms with Crippen LogP contribution in [-0.4, -0.2) is 29.9 Å². The molecule has 0 bridgehead atoms. The van der Waals surface area contributed by atoms with Crippen LogP contribution in [0.4, 0.5) is 5.69 Å². The molecule has 0 aliphatic carbocycles. The van der Waals surface area contributed by atoms with E-state index in [0.29, 0.717) is 6.54 Å². The van der Waals surface area contributed by atoms with Gasteiger partial charge in [-0.3, -0.25) is 0 Å². The van der Waals surface area contributed by atoms with Gasteiger partial charge in [-0.2, -0.15) is 0 Å². The Kier molecular flexibility index (Phi) is 5.25. The van der Waals surface area contributed by atoms with Crippen LogP contribution < -0.4 is 4.90 Å². The average Bonchev–Trinajstić information content (AvgIpc) is 2.26. The van der Waals surface area contributed by atoms with Gasteiger partial charge in [0.2, 0.25) is 0 Å². The quantitative estimate of drug-likeness (QED) is 0.874. The maximum atomic E-state index is 9.73. The number of nitrogens with zero attached hydrogens (tertiary/aromatic N) is 1. The molecule has 1 aromatic carbocycles. The summed E-state index contributed by atoms with van der Waals surface area (Å²) in [5, 5.41) is 18.7. The van der Waals surface area contributed by atoms with E-state index >= 15 is 0 Å². The molecule has 0 aliphatic rings. The van der Waals surface area contributed by atoms with E-state index in [1.807, 2.05) is 25.1 Å². The molecule has 90 valence electrons. The third kappa shape index (κ3) is 3.20. The monoisotopic (exact) mass is 287 g/mol. The van der Waals surface area contributed by atoms with Crippen LogP contribution in [0, 0.1) is 0 Å². The molecule has 0 heterocycles. The second-order valence-corrected chi connectivity index (χ2v) is 4.60. The van der Waals surface area contributed by atoms with Gasteiger partial charge < -0.3 is 15.1 Å². The Morgan fingerprint density at radius 2 is 2.12 bits per heavy atom. The molecule has 0 saturated carbocycles. The van der Waals surface area contributed by atoms with Crippen molar-refractivity contribution in [2.45, 2.75) is 20.0 Å². The maximum Gasteiger partial charge on any atom is 0.0782 e. The lowest BCUT2D eigenvalue weighted by atomic mass is 10.1. The standard InChI is InChI=1S/C12H18BrNO2/c1-3-14(6-7-15)12-5-4-10(13)8-11(12)9(2)16/h4-5,8-9,15-16H,3,6-7H2,1-2H3. The van der Waals surface area contributed by atoms with Crippen molar-refractivity contribution in [2.75, 3.05) is 24.6 Å². The SMILES string of the molecule is CCN(CCO)c1ccc(Br)cc1C(C)O. The van der Waals surface area contributed by atoms with Gasteiger partial charge in [-0.1, -0.05) is 15.9 Å². The van der Waals surface area contributed by atoms with Crippen LogP contribution in [0.2, 0.25) is 0 Å². The maximum absolute atomic E-state index is 9.73. The minimum atomic E-state index is -0.514. The van der Waals surface area contributed by atoms with E-state index in [1.54, 1.807) is 6.92 Å². The predicted molar refractivity (Wildman–Crippen MR) is 69.7 cm³/mol. The first-order valence-corrected chi connectivity index (χ1v) is 6.22. The van der Waals surface area contributed by atoms with Crippen LogP contribution in [0.1, 0.15) is 25.5 Å². The molecule has 1 atom stereocenters. The topological polar surface area (TPSA) is 43.7 Å². The number of aliphatic hydroxyl groups is 2. The highest BCUT2D eigenvalue weighted by atomic mass is 79.9. The van der Waals surface area contributed by atoms with Crippen molar-refractivity contribution in [3.8, 4) is 0 Å². The first kappa shape index (κ1) is 13.5. The number of benzene rings is 1. The molecule has 16 heavy (non-hydrogen) atoms. The number of likely N-dealkylation sites (N-methyl/N-ethyl adjacent to an activating group) is 1. The lowest BCUT2D eigenvalue weighted by molar-refractivity contribution is 0.199. The number of halogens is 1. The Bertz CT molecular complexity index is 342. The van der Waals surface area contributed by atoms with Gasteiger partial charge in [-0.25, -0.2) is 0 Å². The normalized spacial score (nSPS) is 12.6. The summed E-state index contributed by atoms with van der Waals surface area (Å²) in [6.07, 6.45) is -0.514. The van der Waals surface area contributed by atoms with Crippen molar-refractivity contribution in [1.29, 1.82) is 0 Å². The van der Waals surface area contributed by atoms with Crippen LogP contribution in [0.5, 0.6) is 0 Å². The van der Waals surface area contributed by atoms with Gasteiger partial charge in [-0.05, 0) is 32.0 Å². The van der Waals surface area contributed by atoms with Gasteiger partial charge in [0, 0.05) is 28.8 Å². The molecule has 0 aliphatic heterocycles. The Morgan fingerprint density at radius 3 is 2.62 bits per heavy atom. The molecule has 0 amide bonds. The fraction of sp³-hybridized carbons (Fsp3) is 0.500. The van der Waals surface area contributed by atoms with E-state index in [2.05, 4.69) is 20.8 Å². The highest BCUT2D eigenvalue weighted by molar-refractivity contribution is 9.10. The number of aliphatic hydroxyl groups excluding tert-OH is 2. The number of anilines is 1. The van der Waals surface area contributed by atoms with E-state index in [1.165, 1.54) is 0 Å². The van der Waals surface area contributed by atoms with Gasteiger partial charge in [0.1, 0.15) is 0 Å². The third-order valence-electron chi connectivity index (χ3n) is 2.53. The molecule has 0 radical (unpaired) electrons. The lowest BCUT2D eigenvalue weighted by Crippen LogP contribution is -2.27. The minimum Gasteiger partial charge on any atom is -0.395 e. The molecule has 0 spiro atoms. The van der Waals surface area contributed by atoms with E-state index in [0.717, 1.165) is 22.3 Å². The molecule has 1 rings (SSSR count). The molecule has 0 saturated heterocycles. The second kappa shape index (κ2) is 6.23. The summed E-state index contributed by atoms with van der Waals surface area (Å²) in [5.74, 6) is 0. The van der Waals surface area contributed by atoms with Crippen molar-refractivity contribution < 1.29 is 10.2 Å². The zero-order valence-corrected chi connectivity index (χ0v) is 11.2. The molecule has 1 aromatic rings. The first-order valence-electron chi connectivity index (χ1n) is 5.43. The van der Waals surface area contributed by atoms with Crippen LogP contribution in [0.25, 0.3) is 0 Å². The minimum absolute atomic E-state index is 0.114. The molecular weight excluding hydrogens is 270 g/mol. The molecular formula is C12H18BrNO2. The van der Waals surface area contributed by atoms with Gasteiger partial charge in [0.25, 0.3) is 0 Å². The summed E-state index contributed by atoms with van der Waals surface area (Å²) >= 11 is 3.40. The highest BCUT2D eigenvalue weighted by Gasteiger charge is 2.13. The van der Waals surface area contributed by atoms with E-state index in [-0.39, 0.29) is 6.61 Å². The van der Waals surface area contributed by atoms with Crippen LogP contribution in [0.15, 0.2) is 22.7 Å². The number of hydrogen-bond acceptors (Lipinski definition) is 3. The Morgan fingerprint density at radius 1 is 1.44 bits per heavy atom. The zero-order chi connectivity index (χ0) is 12.1. The summed E-state index contributed by atoms with van der Waals surface area (Å²) in [7, 11) is 0. The van der Waals surface area contributed by atoms with Gasteiger partial charge in [0.15, 0.2) is 0 Å². The van der Waals surface area contributed by atoms with Crippen LogP contribution >= 0.6 is 15.9 Å². The summed E-state index contributed by atoms with van der Waals surface area (Å²) in [5.41, 5.74) is 1.86. The fourth-order valence-corrected chi connectivity index (χ4v) is 2.10. The fourth-order valence-electron chi connectivity index (χ4n) is 1.72. The Labute approximate surface area is 105 Å². The largest absolute Gasteiger partial charge is 0.395 e. The first-order chi connectivity index (χ1) is 7.60. The van der Waals surface area contributed by atoms with Crippen molar-refractivity contribution in [3.05, 3.63) is 28.2 Å². The van der Waals surface area contributed by atoms with Gasteiger partial charge in [-0.15, -0.1) is 0 Å². The van der Waals surface area contributed by atoms with E-state index in [4.69, 9.17) is 5.11 Å². The van der Waals surface area contributed by atoms with Crippen molar-refractivity contribution >= 4 is 21.6 Å². The summed E-state index contributed by atoms with van der Waals surface area (Å²) in [6.45, 7) is 5.28. The second-order valence-electron chi connectivity index (χ2n) is 3.68. The third-order valence-corrected chi connectivity index (χ3v) is 3.03. The van der Waals surface area contributed by atoms with E-state index < -0.39 is 6.10 Å². The van der Waals surface area contributed by atoms with E-state index in [9.17, 15) is 5.11 Å². The number of rotatable bonds is 5. The highest BCUT2D eigenvalue weighted by Crippen LogP contribution is 2.29. The van der Waals surface area contributed by atoms with Gasteiger partial charge >= 0.3 is 0 Å². The van der Waals surface area contributed by atoms with Gasteiger partial charge in [0.05, 0.1) is 12.7 Å². The van der Waals surface area contributed by atoms with Crippen LogP contribution in [0.3, 0.4) is 0 Å². The molecule has 2 N–H and O–H groups in total. The Balaban J connectivity index is 3.09. The molecule has 1 unspecified atom stereocenters. The molecule has 0 fully saturated rings. The number of hydrogen-bond donors (Lipinski definition) is 2. The van der Waals surface area contributed by atoms with Crippen molar-refractivity contribution in [3.63, 3.8) is 0 Å². The van der Waals surface area contributed by atoms with Crippen molar-refractivity contribution in [1.82, 2.24) is 0 Å². The molecule has 3 nitrogen and oxygen atoms in total. The summed E-state index contributed by atoms with van der Waals surface area (Å²) in [6, 6.07) is 5.83. The summed E-state index contributed by atoms with van der Waals surface area (Å²) in [4.78, 5) is 2.05. The van der Waals surface area contributed by atoms with Crippen molar-refractivity contribution in [2.24, 2.45) is 0 Å². The Hall–Kier alpha value is -0.580. The predicted octanol–water partition coefficient (Wildman–Crippen LogP) is 2.32. The molecule has 4 heteroatoms. The zero-order valence-electron chi connectivity index (χ0n) is 9.65. The summed E-state index contributed by atoms with van der Waals surface area (Å²) < 4.78 is 0.951. The molecule has 0 aromatic heterocycles.